The summed E-state index contributed by atoms with van der Waals surface area (Å²) in [6, 6.07) is 19.4. The molecule has 182 valence electrons. The zero-order chi connectivity index (χ0) is 23.3. The normalized spacial score (nSPS) is 41.0. The highest BCUT2D eigenvalue weighted by Gasteiger charge is 2.68. The van der Waals surface area contributed by atoms with E-state index < -0.39 is 0 Å². The van der Waals surface area contributed by atoms with Crippen LogP contribution in [0.4, 0.5) is 0 Å². The quantitative estimate of drug-likeness (QED) is 0.470. The van der Waals surface area contributed by atoms with Crippen LogP contribution >= 0.6 is 0 Å². The van der Waals surface area contributed by atoms with Crippen molar-refractivity contribution in [1.82, 2.24) is 0 Å². The first-order valence-electron chi connectivity index (χ1n) is 13.3. The molecule has 4 heteroatoms. The first-order valence-corrected chi connectivity index (χ1v) is 13.3. The summed E-state index contributed by atoms with van der Waals surface area (Å²) in [5.41, 5.74) is 3.24. The molecule has 0 radical (unpaired) electrons. The van der Waals surface area contributed by atoms with E-state index in [1.165, 1.54) is 36.0 Å². The van der Waals surface area contributed by atoms with Crippen molar-refractivity contribution in [3.63, 3.8) is 0 Å². The predicted molar refractivity (Wildman–Crippen MR) is 132 cm³/mol. The van der Waals surface area contributed by atoms with Gasteiger partial charge in [-0.05, 0) is 67.6 Å². The van der Waals surface area contributed by atoms with Crippen molar-refractivity contribution in [1.29, 1.82) is 0 Å². The second-order valence-electron chi connectivity index (χ2n) is 11.5. The average Bonchev–Trinajstić information content (AvgIpc) is 3.09. The molecule has 3 heterocycles. The predicted octanol–water partition coefficient (Wildman–Crippen LogP) is 6.58. The van der Waals surface area contributed by atoms with Crippen molar-refractivity contribution >= 4 is 0 Å². The Morgan fingerprint density at radius 2 is 1.65 bits per heavy atom. The molecule has 8 atom stereocenters. The third kappa shape index (κ3) is 3.74. The molecule has 3 aliphatic heterocycles. The standard InChI is InChI=1S/C30H38O4/c1-20-9-14-26-21(2)28(32-27-19-29(3)17-15-25(20)30(26,27)34-33-29)31-18-16-22-10-12-24(13-11-22)23-7-5-4-6-8-23/h4-8,10-13,20-21,25-28H,9,14-19H2,1-3H3/t20-,21-,25+,26+,27-,28-,29+,30-/m1/s1. The lowest BCUT2D eigenvalue weighted by molar-refractivity contribution is -0.495. The van der Waals surface area contributed by atoms with Crippen LogP contribution in [0.25, 0.3) is 11.1 Å². The van der Waals surface area contributed by atoms with E-state index in [0.717, 1.165) is 19.3 Å². The molecule has 1 spiro atoms. The molecule has 2 aliphatic carbocycles. The van der Waals surface area contributed by atoms with Crippen LogP contribution in [0, 0.1) is 23.7 Å². The van der Waals surface area contributed by atoms with Crippen molar-refractivity contribution < 1.29 is 19.2 Å². The zero-order valence-corrected chi connectivity index (χ0v) is 20.7. The fraction of sp³-hybridized carbons (Fsp3) is 0.600. The SMILES string of the molecule is C[C@H]1[C@H](OCCc2ccc(-c3ccccc3)cc2)O[C@@H]2C[C@]3(C)CC[C@H]4[C@H](C)CC[C@@H]1[C@@]24OO3. The van der Waals surface area contributed by atoms with Crippen molar-refractivity contribution in [3.05, 3.63) is 60.2 Å². The van der Waals surface area contributed by atoms with Crippen molar-refractivity contribution in [2.24, 2.45) is 23.7 Å². The van der Waals surface area contributed by atoms with E-state index >= 15 is 0 Å². The van der Waals surface area contributed by atoms with Gasteiger partial charge in [-0.1, -0.05) is 68.4 Å². The Bertz CT molecular complexity index is 991. The van der Waals surface area contributed by atoms with Gasteiger partial charge in [0.1, 0.15) is 11.2 Å². The molecular weight excluding hydrogens is 424 g/mol. The average molecular weight is 463 g/mol. The number of benzene rings is 2. The van der Waals surface area contributed by atoms with E-state index in [4.69, 9.17) is 19.2 Å². The largest absolute Gasteiger partial charge is 0.352 e. The van der Waals surface area contributed by atoms with Gasteiger partial charge in [-0.25, -0.2) is 9.78 Å². The summed E-state index contributed by atoms with van der Waals surface area (Å²) >= 11 is 0. The summed E-state index contributed by atoms with van der Waals surface area (Å²) < 4.78 is 13.2. The molecule has 2 bridgehead atoms. The van der Waals surface area contributed by atoms with Crippen LogP contribution in [0.1, 0.15) is 58.4 Å². The van der Waals surface area contributed by atoms with Crippen LogP contribution in [0.5, 0.6) is 0 Å². The molecule has 34 heavy (non-hydrogen) atoms. The van der Waals surface area contributed by atoms with Gasteiger partial charge in [-0.2, -0.15) is 0 Å². The van der Waals surface area contributed by atoms with Gasteiger partial charge < -0.3 is 9.47 Å². The Labute approximate surface area is 203 Å². The zero-order valence-electron chi connectivity index (χ0n) is 20.7. The molecule has 0 N–H and O–H groups in total. The number of rotatable bonds is 5. The van der Waals surface area contributed by atoms with Crippen molar-refractivity contribution in [3.8, 4) is 11.1 Å². The van der Waals surface area contributed by atoms with Gasteiger partial charge in [-0.3, -0.25) is 0 Å². The van der Waals surface area contributed by atoms with E-state index in [-0.39, 0.29) is 29.5 Å². The minimum absolute atomic E-state index is 0.0536. The summed E-state index contributed by atoms with van der Waals surface area (Å²) in [6.45, 7) is 7.55. The number of hydrogen-bond donors (Lipinski definition) is 0. The van der Waals surface area contributed by atoms with Gasteiger partial charge in [0.05, 0.1) is 12.7 Å². The molecule has 5 fully saturated rings. The maximum Gasteiger partial charge on any atom is 0.161 e. The molecule has 7 rings (SSSR count). The number of ether oxygens (including phenoxy) is 2. The second kappa shape index (κ2) is 8.74. The van der Waals surface area contributed by atoms with Crippen LogP contribution < -0.4 is 0 Å². The summed E-state index contributed by atoms with van der Waals surface area (Å²) in [6.07, 6.45) is 6.32. The Morgan fingerprint density at radius 3 is 2.44 bits per heavy atom. The Morgan fingerprint density at radius 1 is 0.882 bits per heavy atom. The Hall–Kier alpha value is -1.72. The summed E-state index contributed by atoms with van der Waals surface area (Å²) in [7, 11) is 0. The summed E-state index contributed by atoms with van der Waals surface area (Å²) in [4.78, 5) is 12.5. The minimum atomic E-state index is -0.305. The van der Waals surface area contributed by atoms with Gasteiger partial charge >= 0.3 is 0 Å². The number of fused-ring (bicyclic) bond motifs is 2. The second-order valence-corrected chi connectivity index (χ2v) is 11.5. The maximum atomic E-state index is 6.74. The lowest BCUT2D eigenvalue weighted by Gasteiger charge is -2.61. The van der Waals surface area contributed by atoms with Gasteiger partial charge in [0.2, 0.25) is 0 Å². The fourth-order valence-electron chi connectivity index (χ4n) is 7.40. The van der Waals surface area contributed by atoms with E-state index in [1.54, 1.807) is 0 Å². The molecule has 3 saturated heterocycles. The molecule has 0 aromatic heterocycles. The smallest absolute Gasteiger partial charge is 0.161 e. The van der Waals surface area contributed by atoms with E-state index in [1.807, 2.05) is 0 Å². The molecule has 0 amide bonds. The lowest BCUT2D eigenvalue weighted by atomic mass is 9.56. The topological polar surface area (TPSA) is 36.9 Å². The highest BCUT2D eigenvalue weighted by Crippen LogP contribution is 2.61. The van der Waals surface area contributed by atoms with Gasteiger partial charge in [0, 0.05) is 18.3 Å². The molecule has 4 nitrogen and oxygen atoms in total. The molecule has 2 aromatic carbocycles. The molecule has 0 unspecified atom stereocenters. The number of hydrogen-bond acceptors (Lipinski definition) is 4. The first kappa shape index (κ1) is 22.7. The van der Waals surface area contributed by atoms with Gasteiger partial charge in [-0.15, -0.1) is 0 Å². The van der Waals surface area contributed by atoms with Crippen molar-refractivity contribution in [2.45, 2.75) is 82.9 Å². The lowest BCUT2D eigenvalue weighted by Crippen LogP contribution is -2.69. The Balaban J connectivity index is 1.14. The molecule has 2 aromatic rings. The molecular formula is C30H38O4. The fourth-order valence-corrected chi connectivity index (χ4v) is 7.40. The van der Waals surface area contributed by atoms with E-state index in [0.29, 0.717) is 24.4 Å². The third-order valence-electron chi connectivity index (χ3n) is 9.37. The van der Waals surface area contributed by atoms with Crippen LogP contribution in [0.3, 0.4) is 0 Å². The van der Waals surface area contributed by atoms with E-state index in [2.05, 4.69) is 75.4 Å². The van der Waals surface area contributed by atoms with Gasteiger partial charge in [0.15, 0.2) is 6.29 Å². The van der Waals surface area contributed by atoms with Crippen LogP contribution in [-0.2, 0) is 25.7 Å². The summed E-state index contributed by atoms with van der Waals surface area (Å²) in [5.74, 6) is 1.87. The molecule has 2 saturated carbocycles. The highest BCUT2D eigenvalue weighted by atomic mass is 17.2. The van der Waals surface area contributed by atoms with Gasteiger partial charge in [0.25, 0.3) is 0 Å². The maximum absolute atomic E-state index is 6.74. The van der Waals surface area contributed by atoms with Crippen LogP contribution in [0.15, 0.2) is 54.6 Å². The van der Waals surface area contributed by atoms with Crippen LogP contribution in [0.2, 0.25) is 0 Å². The Kier molecular flexibility index (Phi) is 5.84. The highest BCUT2D eigenvalue weighted by molar-refractivity contribution is 5.63. The monoisotopic (exact) mass is 462 g/mol. The third-order valence-corrected chi connectivity index (χ3v) is 9.37. The van der Waals surface area contributed by atoms with Crippen molar-refractivity contribution in [2.75, 3.05) is 6.61 Å². The molecule has 5 aliphatic rings. The first-order chi connectivity index (χ1) is 16.5. The van der Waals surface area contributed by atoms with E-state index in [9.17, 15) is 0 Å². The minimum Gasteiger partial charge on any atom is -0.352 e. The van der Waals surface area contributed by atoms with Crippen LogP contribution in [-0.4, -0.2) is 30.2 Å². The summed E-state index contributed by atoms with van der Waals surface area (Å²) in [5, 5.41) is 0.